The lowest BCUT2D eigenvalue weighted by Gasteiger charge is -2.11. The number of hydrogen-bond acceptors (Lipinski definition) is 4. The molecule has 0 unspecified atom stereocenters. The maximum atomic E-state index is 12.5. The van der Waals surface area contributed by atoms with Gasteiger partial charge in [0.2, 0.25) is 0 Å². The molecule has 0 spiro atoms. The molecule has 0 bridgehead atoms. The molecule has 0 aliphatic carbocycles. The topological polar surface area (TPSA) is 63.2 Å². The molecule has 0 radical (unpaired) electrons. The van der Waals surface area contributed by atoms with Gasteiger partial charge in [-0.05, 0) is 48.4 Å². The highest BCUT2D eigenvalue weighted by atomic mass is 35.5. The van der Waals surface area contributed by atoms with E-state index in [9.17, 15) is 4.79 Å². The zero-order valence-electron chi connectivity index (χ0n) is 14.9. The fourth-order valence-electron chi connectivity index (χ4n) is 2.64. The van der Waals surface area contributed by atoms with Gasteiger partial charge in [-0.15, -0.1) is 0 Å². The Hall–Kier alpha value is -3.05. The minimum absolute atomic E-state index is 0.222. The number of amides is 1. The number of rotatable bonds is 7. The first-order valence-corrected chi connectivity index (χ1v) is 8.92. The van der Waals surface area contributed by atoms with Crippen LogP contribution in [0.4, 0.5) is 11.5 Å². The zero-order chi connectivity index (χ0) is 19.1. The van der Waals surface area contributed by atoms with Gasteiger partial charge in [-0.2, -0.15) is 0 Å². The highest BCUT2D eigenvalue weighted by Crippen LogP contribution is 2.23. The number of methoxy groups -OCH3 is 1. The standard InChI is InChI=1S/C21H20ClN3O2/c1-27-19-8-3-2-7-18(19)25-21(26)16-10-12-24-20(14-16)23-11-9-15-5-4-6-17(22)13-15/h2-8,10,12-14H,9,11H2,1H3,(H,23,24)(H,25,26). The number of hydrogen-bond donors (Lipinski definition) is 2. The highest BCUT2D eigenvalue weighted by molar-refractivity contribution is 6.30. The second-order valence-corrected chi connectivity index (χ2v) is 6.33. The smallest absolute Gasteiger partial charge is 0.255 e. The first-order valence-electron chi connectivity index (χ1n) is 8.54. The van der Waals surface area contributed by atoms with Gasteiger partial charge in [-0.25, -0.2) is 4.98 Å². The van der Waals surface area contributed by atoms with E-state index in [0.717, 1.165) is 17.0 Å². The maximum Gasteiger partial charge on any atom is 0.255 e. The molecule has 27 heavy (non-hydrogen) atoms. The van der Waals surface area contributed by atoms with Crippen molar-refractivity contribution in [2.24, 2.45) is 0 Å². The summed E-state index contributed by atoms with van der Waals surface area (Å²) < 4.78 is 5.26. The van der Waals surface area contributed by atoms with Gasteiger partial charge in [0.15, 0.2) is 0 Å². The van der Waals surface area contributed by atoms with Crippen LogP contribution in [-0.4, -0.2) is 24.5 Å². The minimum Gasteiger partial charge on any atom is -0.495 e. The number of pyridine rings is 1. The van der Waals surface area contributed by atoms with E-state index in [-0.39, 0.29) is 5.91 Å². The number of nitrogens with zero attached hydrogens (tertiary/aromatic N) is 1. The van der Waals surface area contributed by atoms with E-state index in [0.29, 0.717) is 29.4 Å². The average Bonchev–Trinajstić information content (AvgIpc) is 2.69. The predicted octanol–water partition coefficient (Wildman–Crippen LogP) is 4.65. The molecule has 1 heterocycles. The molecular formula is C21H20ClN3O2. The number of carbonyl (C=O) groups is 1. The third-order valence-electron chi connectivity index (χ3n) is 3.99. The van der Waals surface area contributed by atoms with Gasteiger partial charge in [0.1, 0.15) is 11.6 Å². The first-order chi connectivity index (χ1) is 13.2. The summed E-state index contributed by atoms with van der Waals surface area (Å²) in [5.41, 5.74) is 2.28. The molecule has 3 aromatic rings. The van der Waals surface area contributed by atoms with Crippen molar-refractivity contribution in [1.82, 2.24) is 4.98 Å². The number of ether oxygens (including phenoxy) is 1. The lowest BCUT2D eigenvalue weighted by Crippen LogP contribution is -2.14. The Balaban J connectivity index is 1.61. The van der Waals surface area contributed by atoms with E-state index in [1.165, 1.54) is 0 Å². The lowest BCUT2D eigenvalue weighted by molar-refractivity contribution is 0.102. The van der Waals surface area contributed by atoms with Gasteiger partial charge in [-0.3, -0.25) is 4.79 Å². The molecule has 0 fully saturated rings. The van der Waals surface area contributed by atoms with Crippen LogP contribution in [0, 0.1) is 0 Å². The van der Waals surface area contributed by atoms with Crippen LogP contribution in [-0.2, 0) is 6.42 Å². The van der Waals surface area contributed by atoms with Gasteiger partial charge < -0.3 is 15.4 Å². The van der Waals surface area contributed by atoms with Crippen molar-refractivity contribution in [3.8, 4) is 5.75 Å². The number of nitrogens with one attached hydrogen (secondary N) is 2. The van der Waals surface area contributed by atoms with Crippen molar-refractivity contribution in [3.05, 3.63) is 83.0 Å². The van der Waals surface area contributed by atoms with Crippen LogP contribution in [0.1, 0.15) is 15.9 Å². The Labute approximate surface area is 163 Å². The summed E-state index contributed by atoms with van der Waals surface area (Å²) >= 11 is 6.00. The van der Waals surface area contributed by atoms with Crippen LogP contribution < -0.4 is 15.4 Å². The van der Waals surface area contributed by atoms with Crippen molar-refractivity contribution in [3.63, 3.8) is 0 Å². The molecule has 1 amide bonds. The second kappa shape index (κ2) is 9.05. The van der Waals surface area contributed by atoms with Gasteiger partial charge in [0, 0.05) is 23.3 Å². The quantitative estimate of drug-likeness (QED) is 0.625. The Morgan fingerprint density at radius 1 is 1.11 bits per heavy atom. The Morgan fingerprint density at radius 2 is 1.96 bits per heavy atom. The van der Waals surface area contributed by atoms with Crippen LogP contribution in [0.15, 0.2) is 66.9 Å². The van der Waals surface area contributed by atoms with Crippen LogP contribution in [0.2, 0.25) is 5.02 Å². The normalized spacial score (nSPS) is 10.3. The molecule has 0 atom stereocenters. The van der Waals surface area contributed by atoms with Crippen molar-refractivity contribution in [2.75, 3.05) is 24.3 Å². The number of carbonyl (C=O) groups excluding carboxylic acids is 1. The van der Waals surface area contributed by atoms with Gasteiger partial charge in [0.25, 0.3) is 5.91 Å². The molecule has 6 heteroatoms. The fraction of sp³-hybridized carbons (Fsp3) is 0.143. The molecule has 0 saturated heterocycles. The molecular weight excluding hydrogens is 362 g/mol. The fourth-order valence-corrected chi connectivity index (χ4v) is 2.85. The average molecular weight is 382 g/mol. The van der Waals surface area contributed by atoms with Gasteiger partial charge >= 0.3 is 0 Å². The number of halogens is 1. The Bertz CT molecular complexity index is 931. The Morgan fingerprint density at radius 3 is 2.78 bits per heavy atom. The van der Waals surface area contributed by atoms with Crippen molar-refractivity contribution in [1.29, 1.82) is 0 Å². The van der Waals surface area contributed by atoms with E-state index in [2.05, 4.69) is 15.6 Å². The summed E-state index contributed by atoms with van der Waals surface area (Å²) in [5, 5.41) is 6.82. The predicted molar refractivity (Wildman–Crippen MR) is 109 cm³/mol. The van der Waals surface area contributed by atoms with Crippen LogP contribution in [0.5, 0.6) is 5.75 Å². The molecule has 2 N–H and O–H groups in total. The highest BCUT2D eigenvalue weighted by Gasteiger charge is 2.10. The lowest BCUT2D eigenvalue weighted by atomic mass is 10.1. The van der Waals surface area contributed by atoms with Gasteiger partial charge in [0.05, 0.1) is 12.8 Å². The summed E-state index contributed by atoms with van der Waals surface area (Å²) in [4.78, 5) is 16.8. The molecule has 138 valence electrons. The Kier molecular flexibility index (Phi) is 6.28. The summed E-state index contributed by atoms with van der Waals surface area (Å²) in [5.74, 6) is 1.03. The van der Waals surface area contributed by atoms with E-state index >= 15 is 0 Å². The molecule has 0 saturated carbocycles. The van der Waals surface area contributed by atoms with Crippen LogP contribution in [0.3, 0.4) is 0 Å². The first kappa shape index (κ1) is 18.7. The van der Waals surface area contributed by atoms with E-state index < -0.39 is 0 Å². The van der Waals surface area contributed by atoms with Gasteiger partial charge in [-0.1, -0.05) is 35.9 Å². The summed E-state index contributed by atoms with van der Waals surface area (Å²) in [6.07, 6.45) is 2.42. The maximum absolute atomic E-state index is 12.5. The summed E-state index contributed by atoms with van der Waals surface area (Å²) in [7, 11) is 1.57. The molecule has 0 aliphatic rings. The molecule has 2 aromatic carbocycles. The zero-order valence-corrected chi connectivity index (χ0v) is 15.7. The molecule has 5 nitrogen and oxygen atoms in total. The number of aromatic nitrogens is 1. The second-order valence-electron chi connectivity index (χ2n) is 5.89. The number of para-hydroxylation sites is 2. The summed E-state index contributed by atoms with van der Waals surface area (Å²) in [6, 6.07) is 18.4. The van der Waals surface area contributed by atoms with E-state index in [1.807, 2.05) is 36.4 Å². The monoisotopic (exact) mass is 381 g/mol. The van der Waals surface area contributed by atoms with E-state index in [4.69, 9.17) is 16.3 Å². The van der Waals surface area contributed by atoms with Crippen molar-refractivity contribution in [2.45, 2.75) is 6.42 Å². The molecule has 1 aromatic heterocycles. The minimum atomic E-state index is -0.222. The third kappa shape index (κ3) is 5.21. The SMILES string of the molecule is COc1ccccc1NC(=O)c1ccnc(NCCc2cccc(Cl)c2)c1. The molecule has 3 rings (SSSR count). The number of benzene rings is 2. The number of anilines is 2. The van der Waals surface area contributed by atoms with Crippen molar-refractivity contribution < 1.29 is 9.53 Å². The molecule has 0 aliphatic heterocycles. The van der Waals surface area contributed by atoms with Crippen molar-refractivity contribution >= 4 is 29.0 Å². The van der Waals surface area contributed by atoms with Crippen LogP contribution >= 0.6 is 11.6 Å². The van der Waals surface area contributed by atoms with E-state index in [1.54, 1.807) is 37.6 Å². The summed E-state index contributed by atoms with van der Waals surface area (Å²) in [6.45, 7) is 0.685. The van der Waals surface area contributed by atoms with Crippen LogP contribution in [0.25, 0.3) is 0 Å². The third-order valence-corrected chi connectivity index (χ3v) is 4.22. The largest absolute Gasteiger partial charge is 0.495 e.